The number of piperazine rings is 1. The number of carbonyl (C=O) groups excluding carboxylic acids is 1. The average molecular weight is 359 g/mol. The van der Waals surface area contributed by atoms with E-state index in [1.54, 1.807) is 0 Å². The summed E-state index contributed by atoms with van der Waals surface area (Å²) in [5.74, 6) is 2.38. The Morgan fingerprint density at radius 1 is 1.31 bits per heavy atom. The Morgan fingerprint density at radius 3 is 2.92 bits per heavy atom. The van der Waals surface area contributed by atoms with E-state index in [0.717, 1.165) is 50.7 Å². The fourth-order valence-corrected chi connectivity index (χ4v) is 4.29. The topological polar surface area (TPSA) is 65.7 Å². The van der Waals surface area contributed by atoms with Crippen molar-refractivity contribution in [2.75, 3.05) is 39.8 Å². The summed E-state index contributed by atoms with van der Waals surface area (Å²) >= 11 is 0. The molecule has 1 aliphatic carbocycles. The smallest absolute Gasteiger partial charge is 0.240 e. The minimum absolute atomic E-state index is 0.0448. The fraction of sp³-hybridized carbons (Fsp3) is 0.737. The Bertz CT molecular complexity index is 671. The molecule has 2 aliphatic heterocycles. The van der Waals surface area contributed by atoms with Crippen molar-refractivity contribution in [3.8, 4) is 0 Å². The lowest BCUT2D eigenvalue weighted by Crippen LogP contribution is -2.60. The van der Waals surface area contributed by atoms with Crippen LogP contribution in [0.4, 0.5) is 0 Å². The highest BCUT2D eigenvalue weighted by Gasteiger charge is 2.42. The summed E-state index contributed by atoms with van der Waals surface area (Å²) in [5, 5.41) is 4.13. The predicted octanol–water partition coefficient (Wildman–Crippen LogP) is 1.63. The number of rotatable bonds is 5. The average Bonchev–Trinajstić information content (AvgIpc) is 3.40. The molecule has 0 N–H and O–H groups in total. The van der Waals surface area contributed by atoms with E-state index in [-0.39, 0.29) is 11.4 Å². The van der Waals surface area contributed by atoms with Crippen LogP contribution in [0.25, 0.3) is 0 Å². The molecule has 1 amide bonds. The fourth-order valence-electron chi connectivity index (χ4n) is 4.29. The first-order valence-electron chi connectivity index (χ1n) is 9.74. The molecule has 142 valence electrons. The first-order valence-corrected chi connectivity index (χ1v) is 9.74. The maximum absolute atomic E-state index is 12.4. The van der Waals surface area contributed by atoms with Gasteiger partial charge in [0.25, 0.3) is 0 Å². The number of hydrogen-bond donors (Lipinski definition) is 0. The van der Waals surface area contributed by atoms with Crippen molar-refractivity contribution < 1.29 is 9.32 Å². The highest BCUT2D eigenvalue weighted by atomic mass is 16.5. The van der Waals surface area contributed by atoms with E-state index >= 15 is 0 Å². The van der Waals surface area contributed by atoms with Gasteiger partial charge in [-0.15, -0.1) is 6.58 Å². The van der Waals surface area contributed by atoms with Gasteiger partial charge in [0.1, 0.15) is 0 Å². The van der Waals surface area contributed by atoms with Crippen molar-refractivity contribution in [2.24, 2.45) is 0 Å². The molecule has 1 saturated carbocycles. The predicted molar refractivity (Wildman–Crippen MR) is 97.5 cm³/mol. The van der Waals surface area contributed by atoms with Crippen molar-refractivity contribution in [3.63, 3.8) is 0 Å². The van der Waals surface area contributed by atoms with E-state index in [1.807, 2.05) is 11.0 Å². The summed E-state index contributed by atoms with van der Waals surface area (Å²) in [6.07, 6.45) is 6.70. The summed E-state index contributed by atoms with van der Waals surface area (Å²) < 4.78 is 5.47. The molecule has 1 unspecified atom stereocenters. The zero-order chi connectivity index (χ0) is 18.1. The van der Waals surface area contributed by atoms with Crippen LogP contribution >= 0.6 is 0 Å². The van der Waals surface area contributed by atoms with Gasteiger partial charge in [0.2, 0.25) is 11.8 Å². The molecule has 1 atom stereocenters. The number of likely N-dealkylation sites (N-methyl/N-ethyl adjacent to an activating group) is 1. The van der Waals surface area contributed by atoms with Crippen LogP contribution in [0.5, 0.6) is 0 Å². The summed E-state index contributed by atoms with van der Waals surface area (Å²) in [7, 11) is 2.20. The van der Waals surface area contributed by atoms with Crippen LogP contribution in [0.15, 0.2) is 17.2 Å². The van der Waals surface area contributed by atoms with Gasteiger partial charge in [-0.3, -0.25) is 14.6 Å². The van der Waals surface area contributed by atoms with E-state index in [2.05, 4.69) is 33.6 Å². The van der Waals surface area contributed by atoms with Gasteiger partial charge in [0.05, 0.1) is 6.54 Å². The number of carbonyl (C=O) groups is 1. The molecule has 1 spiro atoms. The molecule has 7 heteroatoms. The third-order valence-electron chi connectivity index (χ3n) is 6.22. The van der Waals surface area contributed by atoms with Crippen LogP contribution in [0.1, 0.15) is 49.7 Å². The van der Waals surface area contributed by atoms with Crippen molar-refractivity contribution >= 4 is 5.91 Å². The monoisotopic (exact) mass is 359 g/mol. The number of nitrogens with zero attached hydrogens (tertiary/aromatic N) is 5. The molecule has 7 nitrogen and oxygen atoms in total. The van der Waals surface area contributed by atoms with Crippen LogP contribution in [-0.2, 0) is 11.3 Å². The van der Waals surface area contributed by atoms with Crippen molar-refractivity contribution in [1.82, 2.24) is 24.8 Å². The molecule has 0 radical (unpaired) electrons. The highest BCUT2D eigenvalue weighted by Crippen LogP contribution is 2.38. The lowest BCUT2D eigenvalue weighted by atomic mass is 9.86. The van der Waals surface area contributed by atoms with Gasteiger partial charge >= 0.3 is 0 Å². The molecule has 1 aromatic heterocycles. The van der Waals surface area contributed by atoms with Gasteiger partial charge in [-0.25, -0.2) is 0 Å². The molecular formula is C19H29N5O2. The molecule has 3 heterocycles. The zero-order valence-electron chi connectivity index (χ0n) is 15.7. The van der Waals surface area contributed by atoms with Crippen molar-refractivity contribution in [1.29, 1.82) is 0 Å². The Balaban J connectivity index is 1.43. The molecule has 3 aliphatic rings. The van der Waals surface area contributed by atoms with Crippen LogP contribution in [-0.4, -0.2) is 76.1 Å². The normalized spacial score (nSPS) is 28.5. The van der Waals surface area contributed by atoms with E-state index < -0.39 is 0 Å². The van der Waals surface area contributed by atoms with Crippen molar-refractivity contribution in [3.05, 3.63) is 24.4 Å². The van der Waals surface area contributed by atoms with Crippen molar-refractivity contribution in [2.45, 2.75) is 50.1 Å². The standard InChI is InChI=1S/C19H29N5O2/c1-3-9-24-10-8-19(7-6-17(24)25)14-23(12-11-22(19)2)13-16-20-18(21-26-16)15-4-5-15/h3,15H,1,4-14H2,2H3. The van der Waals surface area contributed by atoms with Gasteiger partial charge in [0, 0.05) is 50.6 Å². The SMILES string of the molecule is C=CCN1CCC2(CCC1=O)CN(Cc1nc(C3CC3)no1)CCN2C. The van der Waals surface area contributed by atoms with Crippen LogP contribution in [0.2, 0.25) is 0 Å². The minimum Gasteiger partial charge on any atom is -0.339 e. The maximum atomic E-state index is 12.4. The summed E-state index contributed by atoms with van der Waals surface area (Å²) in [6.45, 7) is 8.87. The number of likely N-dealkylation sites (tertiary alicyclic amines) is 1. The second-order valence-corrected chi connectivity index (χ2v) is 8.06. The van der Waals surface area contributed by atoms with E-state index in [4.69, 9.17) is 4.52 Å². The second-order valence-electron chi connectivity index (χ2n) is 8.06. The molecule has 3 fully saturated rings. The molecule has 4 rings (SSSR count). The summed E-state index contributed by atoms with van der Waals surface area (Å²) in [5.41, 5.74) is 0.0448. The zero-order valence-corrected chi connectivity index (χ0v) is 15.7. The van der Waals surface area contributed by atoms with Crippen LogP contribution < -0.4 is 0 Å². The Morgan fingerprint density at radius 2 is 2.15 bits per heavy atom. The second kappa shape index (κ2) is 7.12. The molecule has 0 bridgehead atoms. The minimum atomic E-state index is 0.0448. The van der Waals surface area contributed by atoms with Gasteiger partial charge < -0.3 is 9.42 Å². The Labute approximate surface area is 155 Å². The molecule has 0 aromatic carbocycles. The molecule has 26 heavy (non-hydrogen) atoms. The Kier molecular flexibility index (Phi) is 4.84. The number of aromatic nitrogens is 2. The van der Waals surface area contributed by atoms with Crippen LogP contribution in [0, 0.1) is 0 Å². The molecular weight excluding hydrogens is 330 g/mol. The van der Waals surface area contributed by atoms with E-state index in [9.17, 15) is 4.79 Å². The van der Waals surface area contributed by atoms with Crippen LogP contribution in [0.3, 0.4) is 0 Å². The quantitative estimate of drug-likeness (QED) is 0.745. The lowest BCUT2D eigenvalue weighted by molar-refractivity contribution is -0.130. The van der Waals surface area contributed by atoms with Gasteiger partial charge in [-0.05, 0) is 32.7 Å². The third kappa shape index (κ3) is 3.55. The number of amides is 1. The number of hydrogen-bond acceptors (Lipinski definition) is 6. The highest BCUT2D eigenvalue weighted by molar-refractivity contribution is 5.76. The van der Waals surface area contributed by atoms with E-state index in [1.165, 1.54) is 12.8 Å². The molecule has 2 saturated heterocycles. The maximum Gasteiger partial charge on any atom is 0.240 e. The largest absolute Gasteiger partial charge is 0.339 e. The molecule has 1 aromatic rings. The first-order chi connectivity index (χ1) is 12.6. The summed E-state index contributed by atoms with van der Waals surface area (Å²) in [6, 6.07) is 0. The van der Waals surface area contributed by atoms with E-state index in [0.29, 0.717) is 25.4 Å². The van der Waals surface area contributed by atoms with Gasteiger partial charge in [0.15, 0.2) is 5.82 Å². The lowest BCUT2D eigenvalue weighted by Gasteiger charge is -2.49. The third-order valence-corrected chi connectivity index (χ3v) is 6.22. The first kappa shape index (κ1) is 17.7. The summed E-state index contributed by atoms with van der Waals surface area (Å²) in [4.78, 5) is 23.8. The van der Waals surface area contributed by atoms with Gasteiger partial charge in [-0.2, -0.15) is 4.98 Å². The van der Waals surface area contributed by atoms with Gasteiger partial charge in [-0.1, -0.05) is 11.2 Å². The Hall–Kier alpha value is -1.73.